The van der Waals surface area contributed by atoms with Crippen molar-refractivity contribution >= 4 is 23.1 Å². The van der Waals surface area contributed by atoms with E-state index in [9.17, 15) is 13.6 Å². The van der Waals surface area contributed by atoms with E-state index in [0.29, 0.717) is 57.5 Å². The minimum absolute atomic E-state index is 0.343. The lowest BCUT2D eigenvalue weighted by atomic mass is 10.00. The van der Waals surface area contributed by atoms with E-state index in [-0.39, 0.29) is 12.4 Å². The first-order valence-electron chi connectivity index (χ1n) is 11.1. The van der Waals surface area contributed by atoms with Crippen molar-refractivity contribution in [3.05, 3.63) is 70.9 Å². The molecule has 0 aliphatic rings. The number of amides is 1. The molecule has 0 atom stereocenters. The van der Waals surface area contributed by atoms with Crippen LogP contribution in [0, 0.1) is 25.5 Å². The maximum atomic E-state index is 14.3. The van der Waals surface area contributed by atoms with Gasteiger partial charge in [-0.15, -0.1) is 0 Å². The van der Waals surface area contributed by atoms with E-state index < -0.39 is 11.7 Å². The molecule has 2 aromatic heterocycles. The molecule has 0 saturated heterocycles. The normalized spacial score (nSPS) is 11.0. The lowest BCUT2D eigenvalue weighted by Crippen LogP contribution is -2.20. The molecule has 0 aliphatic carbocycles. The first kappa shape index (κ1) is 24.0. The molecule has 4 rings (SSSR count). The van der Waals surface area contributed by atoms with Crippen LogP contribution in [0.15, 0.2) is 42.6 Å². The second kappa shape index (κ2) is 9.61. The Balaban J connectivity index is 2.01. The molecule has 0 radical (unpaired) electrons. The minimum atomic E-state index is -0.634. The number of anilines is 2. The maximum absolute atomic E-state index is 14.3. The molecular formula is C26H26F2N4O3. The first-order chi connectivity index (χ1) is 16.7. The number of pyridine rings is 1. The number of halogens is 2. The largest absolute Gasteiger partial charge is 0.497 e. The van der Waals surface area contributed by atoms with Crippen LogP contribution >= 0.6 is 0 Å². The number of nitrogens with two attached hydrogens (primary N) is 1. The van der Waals surface area contributed by atoms with Crippen LogP contribution in [0.2, 0.25) is 0 Å². The quantitative estimate of drug-likeness (QED) is 0.367. The number of primary amides is 1. The smallest absolute Gasteiger partial charge is 0.255 e. The SMILES string of the molecule is CCc1cc(OC)cc(OCC(N)=O)c1-c1nc2ccc(F)cn2c1Nc1c(C)cc(F)cc1C. The van der Waals surface area contributed by atoms with Crippen molar-refractivity contribution in [2.45, 2.75) is 27.2 Å². The second-order valence-corrected chi connectivity index (χ2v) is 8.19. The molecule has 0 saturated carbocycles. The Kier molecular flexibility index (Phi) is 6.59. The Morgan fingerprint density at radius 2 is 1.83 bits per heavy atom. The summed E-state index contributed by atoms with van der Waals surface area (Å²) in [7, 11) is 1.53. The van der Waals surface area contributed by atoms with Gasteiger partial charge in [-0.2, -0.15) is 0 Å². The topological polar surface area (TPSA) is 90.9 Å². The maximum Gasteiger partial charge on any atom is 0.255 e. The van der Waals surface area contributed by atoms with Crippen molar-refractivity contribution < 1.29 is 23.0 Å². The molecule has 35 heavy (non-hydrogen) atoms. The number of hydrogen-bond acceptors (Lipinski definition) is 5. The van der Waals surface area contributed by atoms with Gasteiger partial charge in [-0.05, 0) is 67.3 Å². The summed E-state index contributed by atoms with van der Waals surface area (Å²) >= 11 is 0. The number of fused-ring (bicyclic) bond motifs is 1. The molecule has 1 amide bonds. The van der Waals surface area contributed by atoms with Gasteiger partial charge in [0, 0.05) is 23.5 Å². The van der Waals surface area contributed by atoms with Crippen LogP contribution in [-0.4, -0.2) is 29.0 Å². The van der Waals surface area contributed by atoms with E-state index in [2.05, 4.69) is 5.32 Å². The summed E-state index contributed by atoms with van der Waals surface area (Å²) in [5.74, 6) is -0.0850. The minimum Gasteiger partial charge on any atom is -0.497 e. The molecule has 0 fully saturated rings. The van der Waals surface area contributed by atoms with E-state index in [1.807, 2.05) is 13.0 Å². The summed E-state index contributed by atoms with van der Waals surface area (Å²) in [5, 5.41) is 3.35. The highest BCUT2D eigenvalue weighted by molar-refractivity contribution is 5.86. The van der Waals surface area contributed by atoms with Gasteiger partial charge >= 0.3 is 0 Å². The van der Waals surface area contributed by atoms with Crippen molar-refractivity contribution in [1.82, 2.24) is 9.38 Å². The van der Waals surface area contributed by atoms with E-state index in [4.69, 9.17) is 20.2 Å². The average Bonchev–Trinajstić information content (AvgIpc) is 3.15. The van der Waals surface area contributed by atoms with Gasteiger partial charge in [-0.25, -0.2) is 13.8 Å². The zero-order chi connectivity index (χ0) is 25.3. The summed E-state index contributed by atoms with van der Waals surface area (Å²) in [6, 6.07) is 9.24. The third-order valence-corrected chi connectivity index (χ3v) is 5.70. The fraction of sp³-hybridized carbons (Fsp3) is 0.231. The number of aromatic nitrogens is 2. The molecular weight excluding hydrogens is 454 g/mol. The number of rotatable bonds is 8. The van der Waals surface area contributed by atoms with Crippen LogP contribution in [0.5, 0.6) is 11.5 Å². The van der Waals surface area contributed by atoms with E-state index in [1.165, 1.54) is 31.5 Å². The van der Waals surface area contributed by atoms with E-state index in [1.54, 1.807) is 30.4 Å². The Hall–Kier alpha value is -4.14. The van der Waals surface area contributed by atoms with Crippen LogP contribution in [-0.2, 0) is 11.2 Å². The Bertz CT molecular complexity index is 1410. The Morgan fingerprint density at radius 3 is 2.46 bits per heavy atom. The molecule has 0 spiro atoms. The summed E-state index contributed by atoms with van der Waals surface area (Å²) < 4.78 is 41.0. The Labute approximate surface area is 201 Å². The molecule has 9 heteroatoms. The zero-order valence-corrected chi connectivity index (χ0v) is 19.9. The van der Waals surface area contributed by atoms with Crippen LogP contribution in [0.4, 0.5) is 20.3 Å². The van der Waals surface area contributed by atoms with Gasteiger partial charge in [-0.3, -0.25) is 9.20 Å². The van der Waals surface area contributed by atoms with Gasteiger partial charge in [-0.1, -0.05) is 6.92 Å². The molecule has 4 aromatic rings. The van der Waals surface area contributed by atoms with Gasteiger partial charge in [0.2, 0.25) is 0 Å². The summed E-state index contributed by atoms with van der Waals surface area (Å²) in [6.45, 7) is 5.19. The lowest BCUT2D eigenvalue weighted by Gasteiger charge is -2.18. The third-order valence-electron chi connectivity index (χ3n) is 5.70. The number of hydrogen-bond donors (Lipinski definition) is 2. The molecule has 7 nitrogen and oxygen atoms in total. The molecule has 182 valence electrons. The highest BCUT2D eigenvalue weighted by Gasteiger charge is 2.23. The fourth-order valence-electron chi connectivity index (χ4n) is 4.11. The van der Waals surface area contributed by atoms with Crippen molar-refractivity contribution in [2.75, 3.05) is 19.0 Å². The number of benzene rings is 2. The molecule has 2 heterocycles. The number of methoxy groups -OCH3 is 1. The number of ether oxygens (including phenoxy) is 2. The van der Waals surface area contributed by atoms with E-state index >= 15 is 0 Å². The number of carbonyl (C=O) groups excluding carboxylic acids is 1. The number of nitrogens with one attached hydrogen (secondary N) is 1. The van der Waals surface area contributed by atoms with Crippen molar-refractivity contribution in [3.63, 3.8) is 0 Å². The second-order valence-electron chi connectivity index (χ2n) is 8.19. The molecule has 3 N–H and O–H groups in total. The van der Waals surface area contributed by atoms with Gasteiger partial charge in [0.25, 0.3) is 5.91 Å². The zero-order valence-electron chi connectivity index (χ0n) is 19.9. The standard InChI is InChI=1S/C26H26F2N4O3/c1-5-16-10-19(34-4)11-20(35-13-21(29)33)23(16)25-26(32-12-17(27)6-7-22(32)30-25)31-24-14(2)8-18(28)9-15(24)3/h6-12,31H,5,13H2,1-4H3,(H2,29,33). The summed E-state index contributed by atoms with van der Waals surface area (Å²) in [4.78, 5) is 16.3. The highest BCUT2D eigenvalue weighted by Crippen LogP contribution is 2.42. The van der Waals surface area contributed by atoms with Gasteiger partial charge < -0.3 is 20.5 Å². The van der Waals surface area contributed by atoms with Gasteiger partial charge in [0.1, 0.15) is 40.3 Å². The number of imidazole rings is 1. The van der Waals surface area contributed by atoms with Gasteiger partial charge in [0.05, 0.1) is 7.11 Å². The first-order valence-corrected chi connectivity index (χ1v) is 11.1. The summed E-state index contributed by atoms with van der Waals surface area (Å²) in [5.41, 5.74) is 9.75. The number of aryl methyl sites for hydroxylation is 3. The van der Waals surface area contributed by atoms with Crippen molar-refractivity contribution in [3.8, 4) is 22.8 Å². The van der Waals surface area contributed by atoms with Crippen LogP contribution in [0.3, 0.4) is 0 Å². The van der Waals surface area contributed by atoms with Crippen molar-refractivity contribution in [2.24, 2.45) is 5.73 Å². The monoisotopic (exact) mass is 480 g/mol. The predicted molar refractivity (Wildman–Crippen MR) is 130 cm³/mol. The van der Waals surface area contributed by atoms with Crippen LogP contribution in [0.25, 0.3) is 16.9 Å². The fourth-order valence-corrected chi connectivity index (χ4v) is 4.11. The molecule has 2 aromatic carbocycles. The highest BCUT2D eigenvalue weighted by atomic mass is 19.1. The lowest BCUT2D eigenvalue weighted by molar-refractivity contribution is -0.119. The number of carbonyl (C=O) groups is 1. The van der Waals surface area contributed by atoms with Crippen LogP contribution < -0.4 is 20.5 Å². The molecule has 0 unspecified atom stereocenters. The average molecular weight is 481 g/mol. The number of nitrogens with zero attached hydrogens (tertiary/aromatic N) is 2. The van der Waals surface area contributed by atoms with Crippen molar-refractivity contribution in [1.29, 1.82) is 0 Å². The summed E-state index contributed by atoms with van der Waals surface area (Å²) in [6.07, 6.45) is 1.91. The predicted octanol–water partition coefficient (Wildman–Crippen LogP) is 5.08. The Morgan fingerprint density at radius 1 is 1.11 bits per heavy atom. The molecule has 0 bridgehead atoms. The third kappa shape index (κ3) is 4.75. The van der Waals surface area contributed by atoms with Gasteiger partial charge in [0.15, 0.2) is 6.61 Å². The van der Waals surface area contributed by atoms with Crippen LogP contribution in [0.1, 0.15) is 23.6 Å². The molecule has 0 aliphatic heterocycles. The van der Waals surface area contributed by atoms with E-state index in [0.717, 1.165) is 5.56 Å².